The molecule has 0 radical (unpaired) electrons. The summed E-state index contributed by atoms with van der Waals surface area (Å²) in [4.78, 5) is 5.26. The molecule has 11 heteroatoms. The lowest BCUT2D eigenvalue weighted by Crippen LogP contribution is -2.45. The first-order valence-corrected chi connectivity index (χ1v) is 13.2. The highest BCUT2D eigenvalue weighted by Crippen LogP contribution is 2.43. The molecule has 4 rings (SSSR count). The smallest absolute Gasteiger partial charge is 0.376 e. The van der Waals surface area contributed by atoms with E-state index < -0.39 is 39.2 Å². The molecule has 1 heterocycles. The zero-order valence-electron chi connectivity index (χ0n) is 20.6. The summed E-state index contributed by atoms with van der Waals surface area (Å²) >= 11 is 0. The molecule has 202 valence electrons. The molecule has 1 N–H and O–H groups in total. The van der Waals surface area contributed by atoms with Crippen LogP contribution >= 0.6 is 0 Å². The zero-order valence-corrected chi connectivity index (χ0v) is 21.4. The number of hydrogen-bond acceptors (Lipinski definition) is 5. The monoisotopic (exact) mass is 550 g/mol. The molecule has 0 bridgehead atoms. The highest BCUT2D eigenvalue weighted by Gasteiger charge is 2.51. The van der Waals surface area contributed by atoms with E-state index in [1.54, 1.807) is 31.2 Å². The largest absolute Gasteiger partial charge is 0.421 e. The molecule has 0 spiro atoms. The van der Waals surface area contributed by atoms with Crippen molar-refractivity contribution in [2.75, 3.05) is 4.31 Å². The van der Waals surface area contributed by atoms with Crippen molar-refractivity contribution in [1.82, 2.24) is 0 Å². The fraction of sp³-hybridized carbons (Fsp3) is 0.296. The number of alkyl halides is 3. The Labute approximate surface area is 218 Å². The SMILES string of the molecule is C/C(C[C@@H]1CCc2cc(C(C)(O)C(F)(F)F)ccc2N1S(=O)(=O)c1ccc(F)cc1)=N\Oc1ccccc1. The van der Waals surface area contributed by atoms with E-state index in [9.17, 15) is 31.1 Å². The Balaban J connectivity index is 1.73. The van der Waals surface area contributed by atoms with Crippen LogP contribution in [0.5, 0.6) is 5.75 Å². The van der Waals surface area contributed by atoms with Gasteiger partial charge in [-0.25, -0.2) is 12.8 Å². The van der Waals surface area contributed by atoms with Gasteiger partial charge in [-0.2, -0.15) is 13.2 Å². The predicted molar refractivity (Wildman–Crippen MR) is 135 cm³/mol. The maximum absolute atomic E-state index is 13.8. The number of oxime groups is 1. The van der Waals surface area contributed by atoms with Crippen LogP contribution in [0.2, 0.25) is 0 Å². The summed E-state index contributed by atoms with van der Waals surface area (Å²) in [7, 11) is -4.24. The second-order valence-corrected chi connectivity index (χ2v) is 11.1. The van der Waals surface area contributed by atoms with Gasteiger partial charge in [0.05, 0.1) is 22.3 Å². The summed E-state index contributed by atoms with van der Waals surface area (Å²) in [6.07, 6.45) is -4.22. The number of halogens is 4. The summed E-state index contributed by atoms with van der Waals surface area (Å²) in [6, 6.07) is 16.0. The van der Waals surface area contributed by atoms with Crippen LogP contribution in [0.25, 0.3) is 0 Å². The number of aryl methyl sites for hydroxylation is 1. The number of aliphatic hydroxyl groups is 1. The van der Waals surface area contributed by atoms with Crippen molar-refractivity contribution < 1.29 is 35.9 Å². The van der Waals surface area contributed by atoms with E-state index in [-0.39, 0.29) is 29.8 Å². The molecule has 1 unspecified atom stereocenters. The van der Waals surface area contributed by atoms with Crippen LogP contribution in [0, 0.1) is 5.82 Å². The Morgan fingerprint density at radius 2 is 1.74 bits per heavy atom. The normalized spacial score (nSPS) is 18.0. The predicted octanol–water partition coefficient (Wildman–Crippen LogP) is 5.95. The minimum atomic E-state index is -4.93. The van der Waals surface area contributed by atoms with Crippen LogP contribution in [-0.4, -0.2) is 31.5 Å². The maximum atomic E-state index is 13.8. The number of para-hydroxylation sites is 1. The topological polar surface area (TPSA) is 79.2 Å². The summed E-state index contributed by atoms with van der Waals surface area (Å²) in [5.41, 5.74) is -2.49. The van der Waals surface area contributed by atoms with Crippen molar-refractivity contribution in [3.05, 3.63) is 89.7 Å². The Bertz CT molecular complexity index is 1420. The van der Waals surface area contributed by atoms with Crippen LogP contribution in [0.3, 0.4) is 0 Å². The van der Waals surface area contributed by atoms with Crippen molar-refractivity contribution in [3.63, 3.8) is 0 Å². The third-order valence-corrected chi connectivity index (χ3v) is 8.34. The van der Waals surface area contributed by atoms with Crippen molar-refractivity contribution in [2.24, 2.45) is 5.16 Å². The summed E-state index contributed by atoms with van der Waals surface area (Å²) < 4.78 is 82.6. The maximum Gasteiger partial charge on any atom is 0.421 e. The van der Waals surface area contributed by atoms with Gasteiger partial charge >= 0.3 is 6.18 Å². The van der Waals surface area contributed by atoms with Gasteiger partial charge in [0.15, 0.2) is 11.4 Å². The molecule has 3 aromatic rings. The molecule has 3 aromatic carbocycles. The molecular formula is C27H26F4N2O4S. The van der Waals surface area contributed by atoms with Crippen molar-refractivity contribution in [1.29, 1.82) is 0 Å². The van der Waals surface area contributed by atoms with E-state index in [2.05, 4.69) is 5.16 Å². The summed E-state index contributed by atoms with van der Waals surface area (Å²) in [5.74, 6) is -0.111. The zero-order chi connectivity index (χ0) is 27.7. The molecule has 0 saturated heterocycles. The number of sulfonamides is 1. The van der Waals surface area contributed by atoms with E-state index in [4.69, 9.17) is 4.84 Å². The van der Waals surface area contributed by atoms with Gasteiger partial charge in [-0.3, -0.25) is 4.31 Å². The third-order valence-electron chi connectivity index (χ3n) is 6.46. The van der Waals surface area contributed by atoms with Crippen molar-refractivity contribution in [2.45, 2.75) is 55.8 Å². The lowest BCUT2D eigenvalue weighted by atomic mass is 9.89. The van der Waals surface area contributed by atoms with E-state index in [0.29, 0.717) is 23.9 Å². The summed E-state index contributed by atoms with van der Waals surface area (Å²) in [5, 5.41) is 14.3. The Morgan fingerprint density at radius 1 is 1.08 bits per heavy atom. The van der Waals surface area contributed by atoms with Gasteiger partial charge in [-0.05, 0) is 80.3 Å². The molecule has 0 amide bonds. The van der Waals surface area contributed by atoms with E-state index >= 15 is 0 Å². The first-order chi connectivity index (χ1) is 17.8. The van der Waals surface area contributed by atoms with Gasteiger partial charge in [0.25, 0.3) is 10.0 Å². The number of fused-ring (bicyclic) bond motifs is 1. The Kier molecular flexibility index (Phi) is 7.53. The number of rotatable bonds is 7. The second kappa shape index (κ2) is 10.4. The number of anilines is 1. The van der Waals surface area contributed by atoms with Crippen LogP contribution in [0.15, 0.2) is 82.8 Å². The second-order valence-electron chi connectivity index (χ2n) is 9.30. The van der Waals surface area contributed by atoms with Crippen molar-refractivity contribution >= 4 is 21.4 Å². The van der Waals surface area contributed by atoms with Gasteiger partial charge in [0.2, 0.25) is 0 Å². The molecule has 38 heavy (non-hydrogen) atoms. The van der Waals surface area contributed by atoms with Gasteiger partial charge in [0, 0.05) is 6.42 Å². The first kappa shape index (κ1) is 27.6. The molecule has 1 aliphatic rings. The molecule has 0 aliphatic carbocycles. The van der Waals surface area contributed by atoms with Crippen LogP contribution in [0.1, 0.15) is 37.8 Å². The Hall–Kier alpha value is -3.44. The molecule has 0 fully saturated rings. The Morgan fingerprint density at radius 3 is 2.37 bits per heavy atom. The number of hydrogen-bond donors (Lipinski definition) is 1. The standard InChI is InChI=1S/C27H26F4N2O4S/c1-18(32-37-23-6-4-3-5-7-23)16-22-12-8-19-17-20(26(2,34)27(29,30)31)9-15-25(19)33(22)38(35,36)24-13-10-21(28)11-14-24/h3-7,9-11,13-15,17,22,34H,8,12,16H2,1-2H3/b32-18+/t22-,26?/m0/s1. The highest BCUT2D eigenvalue weighted by molar-refractivity contribution is 7.92. The first-order valence-electron chi connectivity index (χ1n) is 11.8. The van der Waals surface area contributed by atoms with Gasteiger partial charge in [-0.1, -0.05) is 35.5 Å². The molecule has 1 aliphatic heterocycles. The number of nitrogens with zero attached hydrogens (tertiary/aromatic N) is 2. The average molecular weight is 551 g/mol. The molecule has 0 aromatic heterocycles. The quantitative estimate of drug-likeness (QED) is 0.224. The van der Waals surface area contributed by atoms with Gasteiger partial charge < -0.3 is 9.94 Å². The molecule has 0 saturated carbocycles. The fourth-order valence-electron chi connectivity index (χ4n) is 4.32. The van der Waals surface area contributed by atoms with Crippen molar-refractivity contribution in [3.8, 4) is 5.75 Å². The molecule has 6 nitrogen and oxygen atoms in total. The fourth-order valence-corrected chi connectivity index (χ4v) is 6.04. The van der Waals surface area contributed by atoms with E-state index in [1.807, 2.05) is 6.07 Å². The summed E-state index contributed by atoms with van der Waals surface area (Å²) in [6.45, 7) is 2.34. The van der Waals surface area contributed by atoms with Gasteiger partial charge in [-0.15, -0.1) is 0 Å². The minimum Gasteiger partial charge on any atom is -0.376 e. The highest BCUT2D eigenvalue weighted by atomic mass is 32.2. The van der Waals surface area contributed by atoms with Crippen LogP contribution in [0.4, 0.5) is 23.2 Å². The minimum absolute atomic E-state index is 0.168. The van der Waals surface area contributed by atoms with E-state index in [0.717, 1.165) is 34.6 Å². The average Bonchev–Trinajstić information content (AvgIpc) is 2.87. The van der Waals surface area contributed by atoms with Gasteiger partial charge in [0.1, 0.15) is 5.82 Å². The molecule has 2 atom stereocenters. The lowest BCUT2D eigenvalue weighted by molar-refractivity contribution is -0.258. The third kappa shape index (κ3) is 5.53. The number of benzene rings is 3. The molecular weight excluding hydrogens is 524 g/mol. The lowest BCUT2D eigenvalue weighted by Gasteiger charge is -2.38. The van der Waals surface area contributed by atoms with Crippen LogP contribution in [-0.2, 0) is 22.0 Å². The van der Waals surface area contributed by atoms with Crippen LogP contribution < -0.4 is 9.14 Å². The van der Waals surface area contributed by atoms with E-state index in [1.165, 1.54) is 12.1 Å².